The number of hydrogen-bond acceptors (Lipinski definition) is 12. The number of carboxylic acids is 1. The summed E-state index contributed by atoms with van der Waals surface area (Å²) in [6, 6.07) is 6.75. The van der Waals surface area contributed by atoms with Gasteiger partial charge in [0.25, 0.3) is 5.56 Å². The second kappa shape index (κ2) is 16.5. The molecule has 1 aromatic carbocycles. The topological polar surface area (TPSA) is 190 Å². The van der Waals surface area contributed by atoms with Gasteiger partial charge in [0, 0.05) is 49.9 Å². The maximum absolute atomic E-state index is 16.1. The van der Waals surface area contributed by atoms with Gasteiger partial charge in [-0.2, -0.15) is 10.1 Å². The van der Waals surface area contributed by atoms with Crippen molar-refractivity contribution in [3.63, 3.8) is 0 Å². The Morgan fingerprint density at radius 1 is 1.05 bits per heavy atom. The van der Waals surface area contributed by atoms with Crippen LogP contribution < -0.4 is 25.8 Å². The van der Waals surface area contributed by atoms with E-state index in [0.717, 1.165) is 58.4 Å². The number of benzene rings is 1. The van der Waals surface area contributed by atoms with E-state index in [1.54, 1.807) is 25.5 Å². The number of nitrogens with zero attached hydrogens (tertiary/aromatic N) is 8. The third-order valence-corrected chi connectivity index (χ3v) is 12.0. The van der Waals surface area contributed by atoms with Crippen molar-refractivity contribution in [1.82, 2.24) is 39.5 Å². The Kier molecular flexibility index (Phi) is 11.2. The number of fused-ring (bicyclic) bond motifs is 2. The predicted octanol–water partition coefficient (Wildman–Crippen LogP) is 5.27. The van der Waals surface area contributed by atoms with Crippen LogP contribution in [0.2, 0.25) is 5.02 Å². The zero-order valence-electron chi connectivity index (χ0n) is 33.1. The van der Waals surface area contributed by atoms with E-state index < -0.39 is 24.1 Å². The van der Waals surface area contributed by atoms with E-state index in [2.05, 4.69) is 35.5 Å². The number of hydrogen-bond donors (Lipinski definition) is 3. The molecule has 0 radical (unpaired) electrons. The smallest absolute Gasteiger partial charge is 0.341 e. The number of carboxylic acid groups (broad SMARTS) is 1. The van der Waals surface area contributed by atoms with Crippen LogP contribution in [0.15, 0.2) is 41.5 Å². The molecular weight excluding hydrogens is 783 g/mol. The number of ether oxygens (including phenoxy) is 1. The molecule has 3 saturated heterocycles. The summed E-state index contributed by atoms with van der Waals surface area (Å²) in [5.41, 5.74) is 2.13. The standard InChI is InChI=1S/C41H46ClFN10O6/c1-22(2)53-38-25(17-31(40(53)58)59-21-33(55)56)16-26(18-44-38)46-37-30(42)19-45-41(48-37)52-14-8-23(9-15-52)20-51-12-10-24(11-13-51)27-4-5-28-35(49-50(3)36(28)34(27)43)29-6-7-32(54)47-39(29)57/h4-5,16-19,22-24,29H,6-15,20-21H2,1-3H3,(H,55,56)(H,45,46,48)(H,47,54,57). The number of halogens is 2. The molecule has 7 heterocycles. The van der Waals surface area contributed by atoms with Gasteiger partial charge in [0.2, 0.25) is 17.8 Å². The van der Waals surface area contributed by atoms with Gasteiger partial charge in [-0.15, -0.1) is 0 Å². The normalized spacial score (nSPS) is 18.5. The number of aryl methyl sites for hydroxylation is 1. The van der Waals surface area contributed by atoms with E-state index in [1.165, 1.54) is 15.3 Å². The lowest BCUT2D eigenvalue weighted by molar-refractivity contribution is -0.139. The minimum Gasteiger partial charge on any atom is -0.479 e. The fraction of sp³-hybridized carbons (Fsp3) is 0.463. The zero-order valence-corrected chi connectivity index (χ0v) is 33.8. The molecule has 3 fully saturated rings. The van der Waals surface area contributed by atoms with Crippen LogP contribution >= 0.6 is 11.6 Å². The number of aromatic nitrogens is 6. The van der Waals surface area contributed by atoms with Crippen molar-refractivity contribution >= 4 is 68.8 Å². The van der Waals surface area contributed by atoms with E-state index in [-0.39, 0.29) is 41.8 Å². The minimum atomic E-state index is -1.19. The number of rotatable bonds is 11. The molecule has 3 aliphatic rings. The molecule has 0 bridgehead atoms. The molecule has 3 N–H and O–H groups in total. The fourth-order valence-electron chi connectivity index (χ4n) is 8.73. The molecule has 0 spiro atoms. The third kappa shape index (κ3) is 8.17. The van der Waals surface area contributed by atoms with Gasteiger partial charge in [-0.05, 0) is 88.6 Å². The van der Waals surface area contributed by atoms with E-state index in [0.29, 0.717) is 68.0 Å². The molecule has 0 aliphatic carbocycles. The molecule has 8 rings (SSSR count). The van der Waals surface area contributed by atoms with Crippen molar-refractivity contribution < 1.29 is 28.6 Å². The molecule has 1 atom stereocenters. The minimum absolute atomic E-state index is 0.0817. The first kappa shape index (κ1) is 40.1. The summed E-state index contributed by atoms with van der Waals surface area (Å²) < 4.78 is 24.4. The molecule has 16 nitrogen and oxygen atoms in total. The molecule has 2 amide bonds. The van der Waals surface area contributed by atoms with Gasteiger partial charge in [0.05, 0.1) is 29.7 Å². The third-order valence-electron chi connectivity index (χ3n) is 11.7. The Hall–Kier alpha value is -5.68. The average molecular weight is 829 g/mol. The zero-order chi connectivity index (χ0) is 41.5. The Balaban J connectivity index is 0.872. The highest BCUT2D eigenvalue weighted by atomic mass is 35.5. The summed E-state index contributed by atoms with van der Waals surface area (Å²) in [4.78, 5) is 66.9. The molecular formula is C41H46ClFN10O6. The molecule has 59 heavy (non-hydrogen) atoms. The number of imide groups is 1. The lowest BCUT2D eigenvalue weighted by Crippen LogP contribution is -2.41. The second-order valence-electron chi connectivity index (χ2n) is 16.0. The number of amides is 2. The highest BCUT2D eigenvalue weighted by molar-refractivity contribution is 6.33. The first-order valence-corrected chi connectivity index (χ1v) is 20.4. The highest BCUT2D eigenvalue weighted by Gasteiger charge is 2.34. The number of piperidine rings is 3. The molecule has 4 aromatic heterocycles. The molecule has 0 saturated carbocycles. The van der Waals surface area contributed by atoms with E-state index in [1.807, 2.05) is 26.0 Å². The van der Waals surface area contributed by atoms with Crippen molar-refractivity contribution in [3.8, 4) is 5.75 Å². The van der Waals surface area contributed by atoms with Crippen LogP contribution in [0.4, 0.5) is 21.8 Å². The molecule has 5 aromatic rings. The van der Waals surface area contributed by atoms with Gasteiger partial charge in [0.1, 0.15) is 16.2 Å². The molecule has 3 aliphatic heterocycles. The van der Waals surface area contributed by atoms with Crippen LogP contribution in [0.25, 0.3) is 21.9 Å². The Labute approximate surface area is 343 Å². The largest absolute Gasteiger partial charge is 0.479 e. The van der Waals surface area contributed by atoms with Crippen LogP contribution in [0.1, 0.15) is 81.5 Å². The van der Waals surface area contributed by atoms with E-state index >= 15 is 4.39 Å². The van der Waals surface area contributed by atoms with Crippen molar-refractivity contribution in [3.05, 3.63) is 69.1 Å². The van der Waals surface area contributed by atoms with Crippen LogP contribution in [0, 0.1) is 11.7 Å². The van der Waals surface area contributed by atoms with Crippen molar-refractivity contribution in [1.29, 1.82) is 0 Å². The fourth-order valence-corrected chi connectivity index (χ4v) is 8.87. The average Bonchev–Trinajstić information content (AvgIpc) is 3.54. The van der Waals surface area contributed by atoms with Gasteiger partial charge < -0.3 is 25.0 Å². The van der Waals surface area contributed by atoms with Crippen LogP contribution in [0.5, 0.6) is 5.75 Å². The number of carbonyl (C=O) groups is 3. The van der Waals surface area contributed by atoms with Gasteiger partial charge in [-0.1, -0.05) is 23.7 Å². The quantitative estimate of drug-likeness (QED) is 0.146. The number of anilines is 3. The lowest BCUT2D eigenvalue weighted by Gasteiger charge is -2.38. The van der Waals surface area contributed by atoms with Crippen LogP contribution in [-0.4, -0.2) is 96.4 Å². The molecule has 18 heteroatoms. The van der Waals surface area contributed by atoms with Gasteiger partial charge >= 0.3 is 5.97 Å². The number of carbonyl (C=O) groups excluding carboxylic acids is 2. The second-order valence-corrected chi connectivity index (χ2v) is 16.4. The first-order valence-electron chi connectivity index (χ1n) is 20.0. The maximum atomic E-state index is 16.1. The van der Waals surface area contributed by atoms with E-state index in [4.69, 9.17) is 26.4 Å². The molecule has 1 unspecified atom stereocenters. The SMILES string of the molecule is CC(C)n1c(=O)c(OCC(=O)O)cc2cc(Nc3nc(N4CCC(CN5CCC(c6ccc7c(C8CCC(=O)NC8=O)nn(C)c7c6F)CC5)CC4)ncc3Cl)cnc21. The summed E-state index contributed by atoms with van der Waals surface area (Å²) >= 11 is 6.55. The molecule has 310 valence electrons. The van der Waals surface area contributed by atoms with Crippen molar-refractivity contribution in [2.45, 2.75) is 70.3 Å². The summed E-state index contributed by atoms with van der Waals surface area (Å²) in [6.07, 6.45) is 7.37. The summed E-state index contributed by atoms with van der Waals surface area (Å²) in [6.45, 7) is 7.31. The van der Waals surface area contributed by atoms with Crippen molar-refractivity contribution in [2.75, 3.05) is 49.5 Å². The highest BCUT2D eigenvalue weighted by Crippen LogP contribution is 2.37. The predicted molar refractivity (Wildman–Crippen MR) is 219 cm³/mol. The van der Waals surface area contributed by atoms with Gasteiger partial charge in [-0.25, -0.2) is 19.2 Å². The summed E-state index contributed by atoms with van der Waals surface area (Å²) in [7, 11) is 1.70. The number of pyridine rings is 2. The number of aliphatic carboxylic acids is 1. The van der Waals surface area contributed by atoms with E-state index in [9.17, 15) is 19.2 Å². The van der Waals surface area contributed by atoms with Gasteiger partial charge in [0.15, 0.2) is 24.0 Å². The Bertz CT molecular complexity index is 2510. The Morgan fingerprint density at radius 2 is 1.81 bits per heavy atom. The van der Waals surface area contributed by atoms with Crippen LogP contribution in [-0.2, 0) is 21.4 Å². The lowest BCUT2D eigenvalue weighted by atomic mass is 9.86. The monoisotopic (exact) mass is 828 g/mol. The number of likely N-dealkylation sites (tertiary alicyclic amines) is 1. The maximum Gasteiger partial charge on any atom is 0.341 e. The van der Waals surface area contributed by atoms with Crippen LogP contribution in [0.3, 0.4) is 0 Å². The number of nitrogens with one attached hydrogen (secondary N) is 2. The summed E-state index contributed by atoms with van der Waals surface area (Å²) in [5.74, 6) is -1.27. The first-order chi connectivity index (χ1) is 28.3. The summed E-state index contributed by atoms with van der Waals surface area (Å²) in [5, 5.41) is 20.8. The van der Waals surface area contributed by atoms with Gasteiger partial charge in [-0.3, -0.25) is 28.9 Å². The Morgan fingerprint density at radius 3 is 2.53 bits per heavy atom. The van der Waals surface area contributed by atoms with Crippen molar-refractivity contribution in [2.24, 2.45) is 13.0 Å².